The first kappa shape index (κ1) is 22.5. The fraction of sp³-hybridized carbons (Fsp3) is 0.261. The van der Waals surface area contributed by atoms with Gasteiger partial charge in [0.15, 0.2) is 6.61 Å². The van der Waals surface area contributed by atoms with Crippen LogP contribution in [0.3, 0.4) is 0 Å². The van der Waals surface area contributed by atoms with E-state index in [2.05, 4.69) is 26.6 Å². The van der Waals surface area contributed by atoms with Crippen LogP contribution in [0.2, 0.25) is 0 Å². The number of hydrogen-bond donors (Lipinski definition) is 2. The van der Waals surface area contributed by atoms with Crippen LogP contribution in [0.5, 0.6) is 5.75 Å². The summed E-state index contributed by atoms with van der Waals surface area (Å²) in [4.78, 5) is 24.3. The Morgan fingerprint density at radius 1 is 1.26 bits per heavy atom. The second-order valence-electron chi connectivity index (χ2n) is 6.93. The van der Waals surface area contributed by atoms with E-state index in [0.29, 0.717) is 23.5 Å². The number of nitrogens with zero attached hydrogens (tertiary/aromatic N) is 1. The highest BCUT2D eigenvalue weighted by molar-refractivity contribution is 9.10. The summed E-state index contributed by atoms with van der Waals surface area (Å²) in [5, 5.41) is 14.8. The topological polar surface area (TPSA) is 100 Å². The molecule has 2 aromatic carbocycles. The molecular weight excluding hydrogens is 462 g/mol. The monoisotopic (exact) mass is 483 g/mol. The fourth-order valence-corrected chi connectivity index (χ4v) is 3.37. The van der Waals surface area contributed by atoms with Gasteiger partial charge in [-0.25, -0.2) is 0 Å². The number of carbonyl (C=O) groups is 2. The van der Waals surface area contributed by atoms with E-state index in [1.54, 1.807) is 42.5 Å². The Balaban J connectivity index is 1.51. The van der Waals surface area contributed by atoms with Gasteiger partial charge in [0.1, 0.15) is 17.4 Å². The van der Waals surface area contributed by atoms with Gasteiger partial charge in [-0.05, 0) is 54.8 Å². The zero-order valence-corrected chi connectivity index (χ0v) is 18.4. The number of ether oxygens (including phenoxy) is 2. The molecular formula is C23H22BrN3O4. The molecule has 0 aromatic heterocycles. The SMILES string of the molecule is N#CC(=Cc1ccc(OCC(=O)NCC2CCCO2)cc1)C(=O)Nc1cccc(Br)c1. The number of halogens is 1. The van der Waals surface area contributed by atoms with Crippen LogP contribution in [0.1, 0.15) is 18.4 Å². The Morgan fingerprint density at radius 2 is 2.06 bits per heavy atom. The largest absolute Gasteiger partial charge is 0.484 e. The first-order valence-electron chi connectivity index (χ1n) is 9.83. The molecule has 1 heterocycles. The van der Waals surface area contributed by atoms with E-state index < -0.39 is 5.91 Å². The molecule has 8 heteroatoms. The van der Waals surface area contributed by atoms with Crippen LogP contribution >= 0.6 is 15.9 Å². The van der Waals surface area contributed by atoms with Crippen LogP contribution in [0.15, 0.2) is 58.6 Å². The third kappa shape index (κ3) is 7.24. The third-order valence-electron chi connectivity index (χ3n) is 4.56. The van der Waals surface area contributed by atoms with E-state index in [-0.39, 0.29) is 24.2 Å². The van der Waals surface area contributed by atoms with Crippen molar-refractivity contribution in [1.29, 1.82) is 5.26 Å². The fourth-order valence-electron chi connectivity index (χ4n) is 2.97. The second-order valence-corrected chi connectivity index (χ2v) is 7.85. The predicted octanol–water partition coefficient (Wildman–Crippen LogP) is 3.67. The Bertz CT molecular complexity index is 993. The van der Waals surface area contributed by atoms with Crippen LogP contribution in [0.25, 0.3) is 6.08 Å². The minimum atomic E-state index is -0.496. The van der Waals surface area contributed by atoms with Crippen molar-refractivity contribution in [1.82, 2.24) is 5.32 Å². The molecule has 0 aliphatic carbocycles. The number of rotatable bonds is 8. The number of amides is 2. The summed E-state index contributed by atoms with van der Waals surface area (Å²) in [6.07, 6.45) is 3.56. The van der Waals surface area contributed by atoms with Gasteiger partial charge in [0.2, 0.25) is 0 Å². The summed E-state index contributed by atoms with van der Waals surface area (Å²) in [5.41, 5.74) is 1.22. The van der Waals surface area contributed by atoms with Gasteiger partial charge in [0, 0.05) is 23.3 Å². The second kappa shape index (κ2) is 11.3. The highest BCUT2D eigenvalue weighted by atomic mass is 79.9. The lowest BCUT2D eigenvalue weighted by Gasteiger charge is -2.11. The molecule has 0 bridgehead atoms. The highest BCUT2D eigenvalue weighted by Gasteiger charge is 2.16. The van der Waals surface area contributed by atoms with E-state index in [9.17, 15) is 14.9 Å². The van der Waals surface area contributed by atoms with E-state index in [0.717, 1.165) is 23.9 Å². The lowest BCUT2D eigenvalue weighted by molar-refractivity contribution is -0.123. The van der Waals surface area contributed by atoms with E-state index >= 15 is 0 Å². The molecule has 2 N–H and O–H groups in total. The normalized spacial score (nSPS) is 15.7. The maximum Gasteiger partial charge on any atom is 0.266 e. The molecule has 0 radical (unpaired) electrons. The van der Waals surface area contributed by atoms with Gasteiger partial charge >= 0.3 is 0 Å². The van der Waals surface area contributed by atoms with Crippen molar-refractivity contribution in [2.45, 2.75) is 18.9 Å². The van der Waals surface area contributed by atoms with Crippen molar-refractivity contribution >= 4 is 39.5 Å². The zero-order chi connectivity index (χ0) is 22.1. The highest BCUT2D eigenvalue weighted by Crippen LogP contribution is 2.18. The maximum atomic E-state index is 12.4. The molecule has 1 aliphatic heterocycles. The Kier molecular flexibility index (Phi) is 8.21. The van der Waals surface area contributed by atoms with Crippen molar-refractivity contribution in [3.8, 4) is 11.8 Å². The number of benzene rings is 2. The predicted molar refractivity (Wildman–Crippen MR) is 120 cm³/mol. The van der Waals surface area contributed by atoms with Gasteiger partial charge in [0.25, 0.3) is 11.8 Å². The van der Waals surface area contributed by atoms with Crippen LogP contribution in [0, 0.1) is 11.3 Å². The number of nitrogens with one attached hydrogen (secondary N) is 2. The molecule has 0 saturated carbocycles. The summed E-state index contributed by atoms with van der Waals surface area (Å²) in [5.74, 6) is -0.194. The summed E-state index contributed by atoms with van der Waals surface area (Å²) in [6.45, 7) is 1.14. The Labute approximate surface area is 189 Å². The molecule has 1 saturated heterocycles. The van der Waals surface area contributed by atoms with Crippen LogP contribution in [-0.4, -0.2) is 37.7 Å². The standard InChI is InChI=1S/C23H22BrN3O4/c24-18-3-1-4-19(12-18)27-23(29)17(13-25)11-16-6-8-20(9-7-16)31-15-22(28)26-14-21-5-2-10-30-21/h1,3-4,6-9,11-12,21H,2,5,10,14-15H2,(H,26,28)(H,27,29). The summed E-state index contributed by atoms with van der Waals surface area (Å²) in [7, 11) is 0. The first-order chi connectivity index (χ1) is 15.0. The van der Waals surface area contributed by atoms with Crippen molar-refractivity contribution in [3.05, 3.63) is 64.1 Å². The average molecular weight is 484 g/mol. The molecule has 7 nitrogen and oxygen atoms in total. The number of hydrogen-bond acceptors (Lipinski definition) is 5. The van der Waals surface area contributed by atoms with Crippen molar-refractivity contribution in [2.75, 3.05) is 25.1 Å². The molecule has 1 aliphatic rings. The number of carbonyl (C=O) groups excluding carboxylic acids is 2. The van der Waals surface area contributed by atoms with Crippen LogP contribution in [-0.2, 0) is 14.3 Å². The quantitative estimate of drug-likeness (QED) is 0.440. The molecule has 160 valence electrons. The average Bonchev–Trinajstić information content (AvgIpc) is 3.29. The summed E-state index contributed by atoms with van der Waals surface area (Å²) >= 11 is 3.34. The minimum absolute atomic E-state index is 0.0258. The molecule has 3 rings (SSSR count). The lowest BCUT2D eigenvalue weighted by atomic mass is 10.1. The van der Waals surface area contributed by atoms with Crippen LogP contribution < -0.4 is 15.4 Å². The number of nitriles is 1. The molecule has 1 fully saturated rings. The van der Waals surface area contributed by atoms with Gasteiger partial charge in [-0.3, -0.25) is 9.59 Å². The summed E-state index contributed by atoms with van der Waals surface area (Å²) < 4.78 is 11.8. The minimum Gasteiger partial charge on any atom is -0.484 e. The van der Waals surface area contributed by atoms with Crippen molar-refractivity contribution in [3.63, 3.8) is 0 Å². The molecule has 1 atom stereocenters. The van der Waals surface area contributed by atoms with Gasteiger partial charge in [-0.15, -0.1) is 0 Å². The zero-order valence-electron chi connectivity index (χ0n) is 16.8. The smallest absolute Gasteiger partial charge is 0.266 e. The molecule has 31 heavy (non-hydrogen) atoms. The first-order valence-corrected chi connectivity index (χ1v) is 10.6. The number of anilines is 1. The van der Waals surface area contributed by atoms with Gasteiger partial charge in [0.05, 0.1) is 6.10 Å². The van der Waals surface area contributed by atoms with E-state index in [4.69, 9.17) is 9.47 Å². The Morgan fingerprint density at radius 3 is 2.74 bits per heavy atom. The van der Waals surface area contributed by atoms with E-state index in [1.165, 1.54) is 6.08 Å². The molecule has 1 unspecified atom stereocenters. The maximum absolute atomic E-state index is 12.4. The summed E-state index contributed by atoms with van der Waals surface area (Å²) in [6, 6.07) is 15.8. The van der Waals surface area contributed by atoms with E-state index in [1.807, 2.05) is 12.1 Å². The molecule has 0 spiro atoms. The third-order valence-corrected chi connectivity index (χ3v) is 5.05. The van der Waals surface area contributed by atoms with Gasteiger partial charge in [-0.1, -0.05) is 34.1 Å². The van der Waals surface area contributed by atoms with Gasteiger partial charge in [-0.2, -0.15) is 5.26 Å². The Hall–Kier alpha value is -3.15. The molecule has 2 amide bonds. The van der Waals surface area contributed by atoms with Gasteiger partial charge < -0.3 is 20.1 Å². The van der Waals surface area contributed by atoms with Crippen LogP contribution in [0.4, 0.5) is 5.69 Å². The lowest BCUT2D eigenvalue weighted by Crippen LogP contribution is -2.35. The molecule has 2 aromatic rings. The van der Waals surface area contributed by atoms with Crippen molar-refractivity contribution in [2.24, 2.45) is 0 Å². The van der Waals surface area contributed by atoms with Crippen molar-refractivity contribution < 1.29 is 19.1 Å².